The van der Waals surface area contributed by atoms with Gasteiger partial charge in [-0.2, -0.15) is 0 Å². The molecule has 0 amide bonds. The number of esters is 1. The first-order valence-electron chi connectivity index (χ1n) is 6.94. The van der Waals surface area contributed by atoms with Gasteiger partial charge in [-0.25, -0.2) is 4.79 Å². The molecule has 5 nitrogen and oxygen atoms in total. The van der Waals surface area contributed by atoms with Crippen molar-refractivity contribution in [1.82, 2.24) is 0 Å². The molecule has 0 aromatic heterocycles. The Morgan fingerprint density at radius 1 is 1.10 bits per heavy atom. The molecule has 6 heteroatoms. The van der Waals surface area contributed by atoms with Crippen LogP contribution in [-0.4, -0.2) is 32.7 Å². The van der Waals surface area contributed by atoms with Crippen LogP contribution in [0.25, 0.3) is 0 Å². The van der Waals surface area contributed by atoms with Crippen molar-refractivity contribution >= 4 is 20.0 Å². The summed E-state index contributed by atoms with van der Waals surface area (Å²) in [5.41, 5.74) is -0.652. The Morgan fingerprint density at radius 2 is 1.57 bits per heavy atom. The van der Waals surface area contributed by atoms with Crippen molar-refractivity contribution in [3.8, 4) is 0 Å². The van der Waals surface area contributed by atoms with Crippen LogP contribution in [0, 0.1) is 0 Å². The van der Waals surface area contributed by atoms with Gasteiger partial charge < -0.3 is 14.0 Å². The van der Waals surface area contributed by atoms with E-state index in [-0.39, 0.29) is 16.5 Å². The number of ether oxygens (including phenoxy) is 1. The van der Waals surface area contributed by atoms with Crippen molar-refractivity contribution in [2.24, 2.45) is 5.16 Å². The molecular formula is C15H29NO4Si. The summed E-state index contributed by atoms with van der Waals surface area (Å²) in [6.07, 6.45) is 0. The molecule has 0 spiro atoms. The summed E-state index contributed by atoms with van der Waals surface area (Å²) in [6, 6.07) is 0. The molecule has 21 heavy (non-hydrogen) atoms. The van der Waals surface area contributed by atoms with Crippen molar-refractivity contribution in [3.05, 3.63) is 12.3 Å². The van der Waals surface area contributed by atoms with E-state index in [1.165, 1.54) is 7.11 Å². The smallest absolute Gasteiger partial charge is 0.364 e. The molecule has 0 atom stereocenters. The summed E-state index contributed by atoms with van der Waals surface area (Å²) >= 11 is 0. The molecule has 0 aliphatic carbocycles. The molecule has 0 aromatic rings. The van der Waals surface area contributed by atoms with Gasteiger partial charge in [0.05, 0.1) is 0 Å². The van der Waals surface area contributed by atoms with Crippen LogP contribution in [0.5, 0.6) is 0 Å². The first-order chi connectivity index (χ1) is 9.21. The fourth-order valence-electron chi connectivity index (χ4n) is 1.13. The average Bonchev–Trinajstić information content (AvgIpc) is 2.20. The van der Waals surface area contributed by atoms with Crippen molar-refractivity contribution in [2.75, 3.05) is 7.11 Å². The number of hydrogen-bond donors (Lipinski definition) is 0. The molecule has 0 N–H and O–H groups in total. The minimum absolute atomic E-state index is 0.0119. The number of carbonyl (C=O) groups excluding carboxylic acids is 1. The molecular weight excluding hydrogens is 286 g/mol. The highest BCUT2D eigenvalue weighted by Gasteiger charge is 2.40. The molecule has 0 bridgehead atoms. The standard InChI is InChI=1S/C15H29NO4Si/c1-11(20-21(9,10)15(5,6)7)12(16-18-8)13(17)19-14(2,3)4/h1H2,2-10H3. The molecule has 0 aliphatic rings. The molecule has 122 valence electrons. The summed E-state index contributed by atoms with van der Waals surface area (Å²) in [7, 11) is -0.743. The molecule has 0 rings (SSSR count). The zero-order chi connectivity index (χ0) is 17.1. The third-order valence-corrected chi connectivity index (χ3v) is 7.59. The molecule has 0 aliphatic heterocycles. The first kappa shape index (κ1) is 19.7. The number of hydrogen-bond acceptors (Lipinski definition) is 5. The molecule has 0 fully saturated rings. The Bertz CT molecular complexity index is 428. The maximum atomic E-state index is 12.2. The van der Waals surface area contributed by atoms with E-state index in [1.54, 1.807) is 20.8 Å². The van der Waals surface area contributed by atoms with Crippen LogP contribution in [-0.2, 0) is 18.8 Å². The Morgan fingerprint density at radius 3 is 1.90 bits per heavy atom. The van der Waals surface area contributed by atoms with Crippen LogP contribution in [0.2, 0.25) is 18.1 Å². The third-order valence-electron chi connectivity index (χ3n) is 3.22. The second-order valence-corrected chi connectivity index (χ2v) is 12.1. The summed E-state index contributed by atoms with van der Waals surface area (Å²) < 4.78 is 11.3. The van der Waals surface area contributed by atoms with E-state index in [0.717, 1.165) is 0 Å². The Balaban J connectivity index is 5.22. The molecule has 0 saturated heterocycles. The average molecular weight is 315 g/mol. The zero-order valence-electron chi connectivity index (χ0n) is 14.8. The van der Waals surface area contributed by atoms with Crippen molar-refractivity contribution in [1.29, 1.82) is 0 Å². The largest absolute Gasteiger partial charge is 0.542 e. The van der Waals surface area contributed by atoms with Gasteiger partial charge in [0.2, 0.25) is 5.71 Å². The summed E-state index contributed by atoms with van der Waals surface area (Å²) in [5, 5.41) is 3.70. The number of rotatable bonds is 5. The van der Waals surface area contributed by atoms with Crippen molar-refractivity contribution in [3.63, 3.8) is 0 Å². The van der Waals surface area contributed by atoms with Gasteiger partial charge >= 0.3 is 5.97 Å². The van der Waals surface area contributed by atoms with E-state index in [0.29, 0.717) is 0 Å². The first-order valence-corrected chi connectivity index (χ1v) is 9.85. The topological polar surface area (TPSA) is 57.1 Å². The third kappa shape index (κ3) is 6.33. The van der Waals surface area contributed by atoms with E-state index in [2.05, 4.69) is 45.6 Å². The predicted octanol–water partition coefficient (Wildman–Crippen LogP) is 3.87. The monoisotopic (exact) mass is 315 g/mol. The Kier molecular flexibility index (Phi) is 6.23. The zero-order valence-corrected chi connectivity index (χ0v) is 15.8. The maximum absolute atomic E-state index is 12.2. The van der Waals surface area contributed by atoms with E-state index >= 15 is 0 Å². The van der Waals surface area contributed by atoms with E-state index in [9.17, 15) is 4.79 Å². The summed E-state index contributed by atoms with van der Waals surface area (Å²) in [6.45, 7) is 19.6. The highest BCUT2D eigenvalue weighted by atomic mass is 28.4. The fourth-order valence-corrected chi connectivity index (χ4v) is 2.15. The van der Waals surface area contributed by atoms with Crippen LogP contribution in [0.3, 0.4) is 0 Å². The maximum Gasteiger partial charge on any atom is 0.364 e. The van der Waals surface area contributed by atoms with Crippen LogP contribution >= 0.6 is 0 Å². The lowest BCUT2D eigenvalue weighted by Gasteiger charge is -2.37. The molecule has 0 saturated carbocycles. The summed E-state index contributed by atoms with van der Waals surface area (Å²) in [4.78, 5) is 16.9. The lowest BCUT2D eigenvalue weighted by Crippen LogP contribution is -2.42. The Hall–Kier alpha value is -1.30. The number of carbonyl (C=O) groups is 1. The molecule has 0 radical (unpaired) electrons. The van der Waals surface area contributed by atoms with Gasteiger partial charge in [-0.15, -0.1) is 0 Å². The second-order valence-electron chi connectivity index (χ2n) is 7.41. The van der Waals surface area contributed by atoms with E-state index < -0.39 is 19.9 Å². The van der Waals surface area contributed by atoms with Gasteiger partial charge in [0.25, 0.3) is 8.32 Å². The quantitative estimate of drug-likeness (QED) is 0.254. The highest BCUT2D eigenvalue weighted by Crippen LogP contribution is 2.37. The Labute approximate surface area is 129 Å². The predicted molar refractivity (Wildman–Crippen MR) is 87.7 cm³/mol. The summed E-state index contributed by atoms with van der Waals surface area (Å²) in [5.74, 6) is -0.411. The molecule has 0 aromatic carbocycles. The van der Waals surface area contributed by atoms with Crippen LogP contribution in [0.15, 0.2) is 17.5 Å². The van der Waals surface area contributed by atoms with Crippen LogP contribution in [0.1, 0.15) is 41.5 Å². The van der Waals surface area contributed by atoms with Gasteiger partial charge in [-0.1, -0.05) is 32.5 Å². The van der Waals surface area contributed by atoms with E-state index in [4.69, 9.17) is 14.0 Å². The minimum atomic E-state index is -2.11. The van der Waals surface area contributed by atoms with Crippen molar-refractivity contribution < 1.29 is 18.8 Å². The van der Waals surface area contributed by atoms with Crippen molar-refractivity contribution in [2.45, 2.75) is 65.3 Å². The molecule has 0 unspecified atom stereocenters. The van der Waals surface area contributed by atoms with Gasteiger partial charge in [0.15, 0.2) is 0 Å². The SMILES string of the molecule is C=C(O[Si](C)(C)C(C)(C)C)C(=NOC)C(=O)OC(C)(C)C. The highest BCUT2D eigenvalue weighted by molar-refractivity contribution is 6.74. The van der Waals surface area contributed by atoms with Gasteiger partial charge in [0.1, 0.15) is 18.5 Å². The van der Waals surface area contributed by atoms with Crippen LogP contribution < -0.4 is 0 Å². The van der Waals surface area contributed by atoms with Gasteiger partial charge in [-0.3, -0.25) is 0 Å². The lowest BCUT2D eigenvalue weighted by atomic mass is 10.2. The normalized spacial score (nSPS) is 13.7. The van der Waals surface area contributed by atoms with Gasteiger partial charge in [-0.05, 0) is 38.9 Å². The molecule has 0 heterocycles. The second kappa shape index (κ2) is 6.64. The minimum Gasteiger partial charge on any atom is -0.542 e. The van der Waals surface area contributed by atoms with Gasteiger partial charge in [0, 0.05) is 0 Å². The lowest BCUT2D eigenvalue weighted by molar-refractivity contribution is -0.146. The van der Waals surface area contributed by atoms with E-state index in [1.807, 2.05) is 0 Å². The fraction of sp³-hybridized carbons (Fsp3) is 0.733. The van der Waals surface area contributed by atoms with Crippen LogP contribution in [0.4, 0.5) is 0 Å². The number of nitrogens with zero attached hydrogens (tertiary/aromatic N) is 1. The number of oxime groups is 1.